The summed E-state index contributed by atoms with van der Waals surface area (Å²) in [5.74, 6) is 0.0976. The van der Waals surface area contributed by atoms with Gasteiger partial charge in [0.05, 0.1) is 0 Å². The number of aromatic nitrogens is 3. The van der Waals surface area contributed by atoms with Crippen molar-refractivity contribution in [3.05, 3.63) is 46.1 Å². The molecule has 2 aromatic heterocycles. The molecule has 1 N–H and O–H groups in total. The minimum atomic E-state index is -0.393. The Morgan fingerprint density at radius 2 is 2.05 bits per heavy atom. The van der Waals surface area contributed by atoms with E-state index in [-0.39, 0.29) is 5.69 Å². The van der Waals surface area contributed by atoms with Crippen LogP contribution in [0.15, 0.2) is 34.9 Å². The van der Waals surface area contributed by atoms with Crippen LogP contribution in [0.5, 0.6) is 0 Å². The number of hydrogen-bond donors (Lipinski definition) is 1. The molecule has 0 aliphatic heterocycles. The predicted molar refractivity (Wildman–Crippen MR) is 79.5 cm³/mol. The van der Waals surface area contributed by atoms with Crippen molar-refractivity contribution in [2.75, 3.05) is 5.32 Å². The minimum absolute atomic E-state index is 0.174. The summed E-state index contributed by atoms with van der Waals surface area (Å²) in [6, 6.07) is 8.62. The van der Waals surface area contributed by atoms with Gasteiger partial charge in [0.15, 0.2) is 11.5 Å². The van der Waals surface area contributed by atoms with E-state index < -0.39 is 5.91 Å². The summed E-state index contributed by atoms with van der Waals surface area (Å²) < 4.78 is 5.17. The third-order valence-corrected chi connectivity index (χ3v) is 3.62. The van der Waals surface area contributed by atoms with Gasteiger partial charge in [0, 0.05) is 16.7 Å². The highest BCUT2D eigenvalue weighted by Gasteiger charge is 2.15. The number of carbonyl (C=O) groups excluding carboxylic acids is 1. The van der Waals surface area contributed by atoms with E-state index in [2.05, 4.69) is 20.7 Å². The fraction of sp³-hybridized carbons (Fsp3) is 0.0769. The second kappa shape index (κ2) is 5.63. The van der Waals surface area contributed by atoms with Gasteiger partial charge in [-0.2, -0.15) is 0 Å². The number of benzene rings is 1. The van der Waals surface area contributed by atoms with E-state index in [4.69, 9.17) is 16.1 Å². The molecule has 1 amide bonds. The number of nitrogens with zero attached hydrogens (tertiary/aromatic N) is 3. The van der Waals surface area contributed by atoms with Crippen LogP contribution in [0.3, 0.4) is 0 Å². The van der Waals surface area contributed by atoms with Gasteiger partial charge >= 0.3 is 0 Å². The number of amides is 1. The number of aryl methyl sites for hydroxylation is 1. The zero-order valence-corrected chi connectivity index (χ0v) is 12.4. The SMILES string of the molecule is Cc1nnc(NC(=O)c2cc(-c3ccc(Cl)cc3)on2)s1. The van der Waals surface area contributed by atoms with E-state index in [0.717, 1.165) is 10.6 Å². The van der Waals surface area contributed by atoms with E-state index >= 15 is 0 Å². The molecule has 3 aromatic rings. The lowest BCUT2D eigenvalue weighted by Crippen LogP contribution is -2.11. The van der Waals surface area contributed by atoms with Gasteiger partial charge in [0.25, 0.3) is 5.91 Å². The zero-order chi connectivity index (χ0) is 14.8. The van der Waals surface area contributed by atoms with Crippen LogP contribution in [-0.2, 0) is 0 Å². The third kappa shape index (κ3) is 3.09. The maximum atomic E-state index is 12.0. The Kier molecular flexibility index (Phi) is 3.68. The van der Waals surface area contributed by atoms with Crippen LogP contribution in [0.25, 0.3) is 11.3 Å². The molecule has 106 valence electrons. The molecule has 1 aromatic carbocycles. The summed E-state index contributed by atoms with van der Waals surface area (Å²) in [5.41, 5.74) is 0.963. The molecule has 8 heteroatoms. The fourth-order valence-electron chi connectivity index (χ4n) is 1.64. The van der Waals surface area contributed by atoms with Gasteiger partial charge in [0.2, 0.25) is 5.13 Å². The van der Waals surface area contributed by atoms with Gasteiger partial charge in [-0.25, -0.2) is 0 Å². The van der Waals surface area contributed by atoms with Crippen LogP contribution in [0.2, 0.25) is 5.02 Å². The number of nitrogens with one attached hydrogen (secondary N) is 1. The van der Waals surface area contributed by atoms with E-state index in [0.29, 0.717) is 15.9 Å². The highest BCUT2D eigenvalue weighted by Crippen LogP contribution is 2.23. The predicted octanol–water partition coefficient (Wildman–Crippen LogP) is 3.41. The molecular formula is C13H9ClN4O2S. The molecule has 0 radical (unpaired) electrons. The van der Waals surface area contributed by atoms with Gasteiger partial charge in [-0.1, -0.05) is 28.1 Å². The summed E-state index contributed by atoms with van der Waals surface area (Å²) in [7, 11) is 0. The van der Waals surface area contributed by atoms with E-state index in [1.54, 1.807) is 30.3 Å². The first-order chi connectivity index (χ1) is 10.1. The Morgan fingerprint density at radius 1 is 1.29 bits per heavy atom. The van der Waals surface area contributed by atoms with Gasteiger partial charge in [-0.3, -0.25) is 10.1 Å². The first kappa shape index (κ1) is 13.7. The third-order valence-electron chi connectivity index (χ3n) is 2.62. The smallest absolute Gasteiger partial charge is 0.279 e. The molecule has 0 spiro atoms. The van der Waals surface area contributed by atoms with Crippen molar-refractivity contribution in [3.8, 4) is 11.3 Å². The molecule has 0 atom stereocenters. The van der Waals surface area contributed by atoms with E-state index in [1.807, 2.05) is 6.92 Å². The molecule has 0 aliphatic carbocycles. The molecule has 0 saturated heterocycles. The quantitative estimate of drug-likeness (QED) is 0.799. The van der Waals surface area contributed by atoms with Crippen molar-refractivity contribution in [2.24, 2.45) is 0 Å². The Hall–Kier alpha value is -2.25. The minimum Gasteiger partial charge on any atom is -0.355 e. The van der Waals surface area contributed by atoms with Crippen molar-refractivity contribution in [2.45, 2.75) is 6.92 Å². The lowest BCUT2D eigenvalue weighted by molar-refractivity contribution is 0.101. The molecule has 0 saturated carbocycles. The molecule has 0 unspecified atom stereocenters. The maximum Gasteiger partial charge on any atom is 0.279 e. The van der Waals surface area contributed by atoms with Crippen LogP contribution in [0.4, 0.5) is 5.13 Å². The Bertz CT molecular complexity index is 782. The molecule has 0 bridgehead atoms. The van der Waals surface area contributed by atoms with Gasteiger partial charge in [-0.05, 0) is 31.2 Å². The van der Waals surface area contributed by atoms with Crippen LogP contribution >= 0.6 is 22.9 Å². The van der Waals surface area contributed by atoms with Crippen molar-refractivity contribution >= 4 is 34.0 Å². The molecule has 0 aliphatic rings. The monoisotopic (exact) mass is 320 g/mol. The van der Waals surface area contributed by atoms with E-state index in [9.17, 15) is 4.79 Å². The normalized spacial score (nSPS) is 10.6. The number of carbonyl (C=O) groups is 1. The van der Waals surface area contributed by atoms with Gasteiger partial charge < -0.3 is 4.52 Å². The average molecular weight is 321 g/mol. The molecule has 21 heavy (non-hydrogen) atoms. The fourth-order valence-corrected chi connectivity index (χ4v) is 2.35. The Balaban J connectivity index is 1.78. The number of halogens is 1. The second-order valence-electron chi connectivity index (χ2n) is 4.16. The number of hydrogen-bond acceptors (Lipinski definition) is 6. The average Bonchev–Trinajstić information content (AvgIpc) is 3.09. The first-order valence-corrected chi connectivity index (χ1v) is 7.15. The summed E-state index contributed by atoms with van der Waals surface area (Å²) in [6.07, 6.45) is 0. The molecule has 2 heterocycles. The second-order valence-corrected chi connectivity index (χ2v) is 5.78. The highest BCUT2D eigenvalue weighted by atomic mass is 35.5. The van der Waals surface area contributed by atoms with Crippen molar-refractivity contribution in [1.82, 2.24) is 15.4 Å². The maximum absolute atomic E-state index is 12.0. The van der Waals surface area contributed by atoms with Gasteiger partial charge in [0.1, 0.15) is 5.01 Å². The molecule has 0 fully saturated rings. The summed E-state index contributed by atoms with van der Waals surface area (Å²) in [5, 5.41) is 15.8. The van der Waals surface area contributed by atoms with Crippen LogP contribution in [-0.4, -0.2) is 21.3 Å². The Morgan fingerprint density at radius 3 is 2.71 bits per heavy atom. The van der Waals surface area contributed by atoms with Crippen LogP contribution in [0.1, 0.15) is 15.5 Å². The number of anilines is 1. The summed E-state index contributed by atoms with van der Waals surface area (Å²) >= 11 is 7.11. The Labute approximate surface area is 128 Å². The topological polar surface area (TPSA) is 80.9 Å². The van der Waals surface area contributed by atoms with Gasteiger partial charge in [-0.15, -0.1) is 10.2 Å². The molecular weight excluding hydrogens is 312 g/mol. The summed E-state index contributed by atoms with van der Waals surface area (Å²) in [4.78, 5) is 12.0. The molecule has 3 rings (SSSR count). The van der Waals surface area contributed by atoms with E-state index in [1.165, 1.54) is 11.3 Å². The summed E-state index contributed by atoms with van der Waals surface area (Å²) in [6.45, 7) is 1.81. The lowest BCUT2D eigenvalue weighted by atomic mass is 10.1. The van der Waals surface area contributed by atoms with Crippen molar-refractivity contribution in [1.29, 1.82) is 0 Å². The lowest BCUT2D eigenvalue weighted by Gasteiger charge is -1.95. The highest BCUT2D eigenvalue weighted by molar-refractivity contribution is 7.15. The molecule has 6 nitrogen and oxygen atoms in total. The largest absolute Gasteiger partial charge is 0.355 e. The number of rotatable bonds is 3. The van der Waals surface area contributed by atoms with Crippen LogP contribution in [0, 0.1) is 6.92 Å². The zero-order valence-electron chi connectivity index (χ0n) is 10.8. The van der Waals surface area contributed by atoms with Crippen molar-refractivity contribution < 1.29 is 9.32 Å². The standard InChI is InChI=1S/C13H9ClN4O2S/c1-7-16-17-13(21-7)15-12(19)10-6-11(20-18-10)8-2-4-9(14)5-3-8/h2-6H,1H3,(H,15,17,19). The van der Waals surface area contributed by atoms with Crippen LogP contribution < -0.4 is 5.32 Å². The van der Waals surface area contributed by atoms with Crippen molar-refractivity contribution in [3.63, 3.8) is 0 Å². The first-order valence-electron chi connectivity index (χ1n) is 5.96.